The number of carbonyl (C=O) groups is 1. The van der Waals surface area contributed by atoms with E-state index in [9.17, 15) is 13.6 Å². The Morgan fingerprint density at radius 2 is 1.92 bits per heavy atom. The number of halogens is 3. The Balaban J connectivity index is 1.60. The average Bonchev–Trinajstić information content (AvgIpc) is 2.84. The molecule has 4 nitrogen and oxygen atoms in total. The first kappa shape index (κ1) is 17.8. The van der Waals surface area contributed by atoms with Crippen molar-refractivity contribution in [3.8, 4) is 0 Å². The van der Waals surface area contributed by atoms with Crippen molar-refractivity contribution in [1.82, 2.24) is 14.8 Å². The van der Waals surface area contributed by atoms with Gasteiger partial charge in [-0.2, -0.15) is 0 Å². The van der Waals surface area contributed by atoms with Gasteiger partial charge in [0.25, 0.3) is 5.91 Å². The molecule has 0 unspecified atom stereocenters. The molecule has 1 aliphatic heterocycles. The Hall–Kier alpha value is -2.05. The fourth-order valence-corrected chi connectivity index (χ4v) is 3.02. The predicted molar refractivity (Wildman–Crippen MR) is 91.4 cm³/mol. The molecule has 0 N–H and O–H groups in total. The Kier molecular flexibility index (Phi) is 5.60. The first-order chi connectivity index (χ1) is 12.0. The number of pyridine rings is 1. The minimum absolute atomic E-state index is 0.0705. The van der Waals surface area contributed by atoms with Gasteiger partial charge in [0, 0.05) is 38.9 Å². The molecule has 0 bridgehead atoms. The van der Waals surface area contributed by atoms with Gasteiger partial charge in [-0.15, -0.1) is 0 Å². The van der Waals surface area contributed by atoms with Crippen LogP contribution in [0.3, 0.4) is 0 Å². The molecule has 1 aromatic heterocycles. The van der Waals surface area contributed by atoms with Crippen molar-refractivity contribution < 1.29 is 13.6 Å². The van der Waals surface area contributed by atoms with Gasteiger partial charge in [-0.3, -0.25) is 9.69 Å². The van der Waals surface area contributed by atoms with E-state index in [1.54, 1.807) is 23.1 Å². The van der Waals surface area contributed by atoms with E-state index in [1.807, 2.05) is 0 Å². The van der Waals surface area contributed by atoms with Crippen molar-refractivity contribution in [3.63, 3.8) is 0 Å². The summed E-state index contributed by atoms with van der Waals surface area (Å²) >= 11 is 5.75. The van der Waals surface area contributed by atoms with Crippen LogP contribution in [-0.2, 0) is 6.54 Å². The second-order valence-electron chi connectivity index (χ2n) is 6.04. The summed E-state index contributed by atoms with van der Waals surface area (Å²) < 4.78 is 26.4. The van der Waals surface area contributed by atoms with Crippen LogP contribution in [0.25, 0.3) is 0 Å². The Morgan fingerprint density at radius 1 is 1.08 bits per heavy atom. The highest BCUT2D eigenvalue weighted by molar-refractivity contribution is 6.29. The number of rotatable bonds is 3. The summed E-state index contributed by atoms with van der Waals surface area (Å²) in [5.41, 5.74) is 1.24. The predicted octanol–water partition coefficient (Wildman–Crippen LogP) is 3.36. The smallest absolute Gasteiger partial charge is 0.255 e. The normalized spacial score (nSPS) is 15.9. The van der Waals surface area contributed by atoms with Gasteiger partial charge in [-0.25, -0.2) is 13.8 Å². The third-order valence-electron chi connectivity index (χ3n) is 4.24. The van der Waals surface area contributed by atoms with Crippen LogP contribution in [0, 0.1) is 11.6 Å². The van der Waals surface area contributed by atoms with Gasteiger partial charge in [0.05, 0.1) is 5.56 Å². The summed E-state index contributed by atoms with van der Waals surface area (Å²) in [5.74, 6) is -1.74. The lowest BCUT2D eigenvalue weighted by Gasteiger charge is -2.22. The highest BCUT2D eigenvalue weighted by Gasteiger charge is 2.20. The maximum absolute atomic E-state index is 13.3. The molecule has 1 saturated heterocycles. The zero-order chi connectivity index (χ0) is 17.8. The van der Waals surface area contributed by atoms with Crippen molar-refractivity contribution in [2.24, 2.45) is 0 Å². The van der Waals surface area contributed by atoms with E-state index in [2.05, 4.69) is 9.88 Å². The monoisotopic (exact) mass is 365 g/mol. The Labute approximate surface area is 150 Å². The number of benzene rings is 1. The summed E-state index contributed by atoms with van der Waals surface area (Å²) in [6, 6.07) is 7.23. The van der Waals surface area contributed by atoms with Gasteiger partial charge in [0.15, 0.2) is 11.6 Å². The molecule has 2 heterocycles. The summed E-state index contributed by atoms with van der Waals surface area (Å²) in [7, 11) is 0. The van der Waals surface area contributed by atoms with Gasteiger partial charge in [0.1, 0.15) is 5.15 Å². The standard InChI is InChI=1S/C18H18ClF2N3O/c19-17-5-3-14(11-22-17)18(25)24-7-1-6-23(8-9-24)12-13-2-4-15(20)16(21)10-13/h2-5,10-11H,1,6-9,12H2. The van der Waals surface area contributed by atoms with E-state index in [1.165, 1.54) is 12.3 Å². The SMILES string of the molecule is O=C(c1ccc(Cl)nc1)N1CCCN(Cc2ccc(F)c(F)c2)CC1. The molecule has 0 saturated carbocycles. The molecule has 25 heavy (non-hydrogen) atoms. The highest BCUT2D eigenvalue weighted by Crippen LogP contribution is 2.14. The number of amides is 1. The molecule has 1 aliphatic rings. The molecule has 1 fully saturated rings. The number of hydrogen-bond acceptors (Lipinski definition) is 3. The maximum atomic E-state index is 13.3. The maximum Gasteiger partial charge on any atom is 0.255 e. The molecular formula is C18H18ClF2N3O. The van der Waals surface area contributed by atoms with Crippen LogP contribution in [0.1, 0.15) is 22.3 Å². The first-order valence-corrected chi connectivity index (χ1v) is 8.48. The Bertz CT molecular complexity index is 754. The van der Waals surface area contributed by atoms with E-state index in [0.29, 0.717) is 36.9 Å². The molecule has 7 heteroatoms. The minimum atomic E-state index is -0.840. The van der Waals surface area contributed by atoms with E-state index < -0.39 is 11.6 Å². The van der Waals surface area contributed by atoms with Crippen molar-refractivity contribution in [2.45, 2.75) is 13.0 Å². The summed E-state index contributed by atoms with van der Waals surface area (Å²) in [5, 5.41) is 0.352. The lowest BCUT2D eigenvalue weighted by Crippen LogP contribution is -2.35. The fourth-order valence-electron chi connectivity index (χ4n) is 2.91. The first-order valence-electron chi connectivity index (χ1n) is 8.10. The minimum Gasteiger partial charge on any atom is -0.337 e. The van der Waals surface area contributed by atoms with E-state index >= 15 is 0 Å². The number of hydrogen-bond donors (Lipinski definition) is 0. The number of carbonyl (C=O) groups excluding carboxylic acids is 1. The lowest BCUT2D eigenvalue weighted by molar-refractivity contribution is 0.0760. The Morgan fingerprint density at radius 3 is 2.64 bits per heavy atom. The number of nitrogens with zero attached hydrogens (tertiary/aromatic N) is 3. The fraction of sp³-hybridized carbons (Fsp3) is 0.333. The zero-order valence-corrected chi connectivity index (χ0v) is 14.3. The molecular weight excluding hydrogens is 348 g/mol. The molecule has 3 rings (SSSR count). The van der Waals surface area contributed by atoms with Gasteiger partial charge < -0.3 is 4.90 Å². The molecule has 2 aromatic rings. The second-order valence-corrected chi connectivity index (χ2v) is 6.43. The third-order valence-corrected chi connectivity index (χ3v) is 4.46. The van der Waals surface area contributed by atoms with Crippen molar-refractivity contribution >= 4 is 17.5 Å². The highest BCUT2D eigenvalue weighted by atomic mass is 35.5. The molecule has 0 radical (unpaired) electrons. The molecule has 1 amide bonds. The molecule has 0 aliphatic carbocycles. The van der Waals surface area contributed by atoms with Crippen molar-refractivity contribution in [2.75, 3.05) is 26.2 Å². The van der Waals surface area contributed by atoms with Crippen LogP contribution in [0.2, 0.25) is 5.15 Å². The van der Waals surface area contributed by atoms with Gasteiger partial charge >= 0.3 is 0 Å². The summed E-state index contributed by atoms with van der Waals surface area (Å²) in [6.07, 6.45) is 2.30. The number of aromatic nitrogens is 1. The van der Waals surface area contributed by atoms with E-state index in [4.69, 9.17) is 11.6 Å². The van der Waals surface area contributed by atoms with Crippen LogP contribution in [0.5, 0.6) is 0 Å². The zero-order valence-electron chi connectivity index (χ0n) is 13.6. The molecule has 1 aromatic carbocycles. The third kappa shape index (κ3) is 4.52. The van der Waals surface area contributed by atoms with Gasteiger partial charge in [-0.05, 0) is 36.2 Å². The topological polar surface area (TPSA) is 36.4 Å². The summed E-state index contributed by atoms with van der Waals surface area (Å²) in [4.78, 5) is 20.4. The molecule has 0 atom stereocenters. The lowest BCUT2D eigenvalue weighted by atomic mass is 10.2. The summed E-state index contributed by atoms with van der Waals surface area (Å²) in [6.45, 7) is 3.22. The second kappa shape index (κ2) is 7.89. The van der Waals surface area contributed by atoms with Crippen LogP contribution in [-0.4, -0.2) is 46.9 Å². The molecule has 0 spiro atoms. The van der Waals surface area contributed by atoms with Crippen LogP contribution >= 0.6 is 11.6 Å². The average molecular weight is 366 g/mol. The molecule has 132 valence electrons. The van der Waals surface area contributed by atoms with E-state index in [0.717, 1.165) is 24.6 Å². The van der Waals surface area contributed by atoms with Crippen molar-refractivity contribution in [1.29, 1.82) is 0 Å². The van der Waals surface area contributed by atoms with Gasteiger partial charge in [0.2, 0.25) is 0 Å². The van der Waals surface area contributed by atoms with Crippen LogP contribution in [0.4, 0.5) is 8.78 Å². The van der Waals surface area contributed by atoms with Gasteiger partial charge in [-0.1, -0.05) is 17.7 Å². The van der Waals surface area contributed by atoms with E-state index in [-0.39, 0.29) is 5.91 Å². The quantitative estimate of drug-likeness (QED) is 0.782. The van der Waals surface area contributed by atoms with Crippen LogP contribution in [0.15, 0.2) is 36.5 Å². The largest absolute Gasteiger partial charge is 0.337 e. The van der Waals surface area contributed by atoms with Crippen molar-refractivity contribution in [3.05, 3.63) is 64.4 Å². The van der Waals surface area contributed by atoms with Crippen LogP contribution < -0.4 is 0 Å².